The van der Waals surface area contributed by atoms with Crippen molar-refractivity contribution in [2.24, 2.45) is 0 Å². The van der Waals surface area contributed by atoms with Gasteiger partial charge < -0.3 is 15.4 Å². The van der Waals surface area contributed by atoms with Crippen molar-refractivity contribution in [3.8, 4) is 11.8 Å². The van der Waals surface area contributed by atoms with Crippen LogP contribution in [0.25, 0.3) is 0 Å². The molecule has 2 amide bonds. The van der Waals surface area contributed by atoms with Gasteiger partial charge in [0.2, 0.25) is 0 Å². The van der Waals surface area contributed by atoms with Crippen molar-refractivity contribution in [2.45, 2.75) is 0 Å². The number of hydrogen-bond donors (Lipinski definition) is 2. The maximum absolute atomic E-state index is 13.2. The molecule has 0 saturated heterocycles. The van der Waals surface area contributed by atoms with Crippen LogP contribution in [0, 0.1) is 17.7 Å². The van der Waals surface area contributed by atoms with E-state index in [0.29, 0.717) is 18.7 Å². The van der Waals surface area contributed by atoms with Crippen molar-refractivity contribution in [3.05, 3.63) is 35.6 Å². The Morgan fingerprint density at radius 3 is 2.89 bits per heavy atom. The second-order valence-electron chi connectivity index (χ2n) is 3.38. The summed E-state index contributed by atoms with van der Waals surface area (Å²) in [7, 11) is 1.56. The Kier molecular flexibility index (Phi) is 6.30. The fourth-order valence-corrected chi connectivity index (χ4v) is 1.16. The van der Waals surface area contributed by atoms with Crippen LogP contribution < -0.4 is 10.6 Å². The van der Waals surface area contributed by atoms with Crippen LogP contribution in [0.15, 0.2) is 24.3 Å². The molecule has 0 fully saturated rings. The highest BCUT2D eigenvalue weighted by Crippen LogP contribution is 2.03. The molecule has 0 bridgehead atoms. The van der Waals surface area contributed by atoms with E-state index in [1.54, 1.807) is 25.3 Å². The molecule has 0 aliphatic heterocycles. The lowest BCUT2D eigenvalue weighted by Gasteiger charge is -2.03. The Labute approximate surface area is 106 Å². The first kappa shape index (κ1) is 14.0. The largest absolute Gasteiger partial charge is 0.383 e. The average molecular weight is 250 g/mol. The second-order valence-corrected chi connectivity index (χ2v) is 3.38. The van der Waals surface area contributed by atoms with Crippen molar-refractivity contribution >= 4 is 6.03 Å². The number of hydrogen-bond acceptors (Lipinski definition) is 2. The average Bonchev–Trinajstić information content (AvgIpc) is 2.37. The summed E-state index contributed by atoms with van der Waals surface area (Å²) in [6, 6.07) is 5.91. The highest BCUT2D eigenvalue weighted by molar-refractivity contribution is 5.74. The summed E-state index contributed by atoms with van der Waals surface area (Å²) >= 11 is 0. The molecule has 1 rings (SSSR count). The second kappa shape index (κ2) is 8.09. The highest BCUT2D eigenvalue weighted by Gasteiger charge is 1.96. The summed E-state index contributed by atoms with van der Waals surface area (Å²) in [6.07, 6.45) is 0. The van der Waals surface area contributed by atoms with Gasteiger partial charge in [-0.3, -0.25) is 0 Å². The van der Waals surface area contributed by atoms with Gasteiger partial charge in [-0.05, 0) is 12.1 Å². The third kappa shape index (κ3) is 5.32. The molecule has 1 aromatic carbocycles. The van der Waals surface area contributed by atoms with Gasteiger partial charge in [0.15, 0.2) is 0 Å². The van der Waals surface area contributed by atoms with E-state index in [9.17, 15) is 9.18 Å². The number of benzene rings is 1. The van der Waals surface area contributed by atoms with Crippen molar-refractivity contribution in [1.82, 2.24) is 10.6 Å². The third-order valence-corrected chi connectivity index (χ3v) is 2.03. The summed E-state index contributed by atoms with van der Waals surface area (Å²) in [5, 5.41) is 5.11. The minimum absolute atomic E-state index is 0.160. The Hall–Kier alpha value is -2.06. The maximum Gasteiger partial charge on any atom is 0.315 e. The van der Waals surface area contributed by atoms with Gasteiger partial charge >= 0.3 is 6.03 Å². The summed E-state index contributed by atoms with van der Waals surface area (Å²) in [5.74, 6) is 4.95. The molecule has 2 N–H and O–H groups in total. The van der Waals surface area contributed by atoms with Gasteiger partial charge in [0.25, 0.3) is 0 Å². The molecule has 0 radical (unpaired) electrons. The molecule has 96 valence electrons. The zero-order valence-corrected chi connectivity index (χ0v) is 10.1. The van der Waals surface area contributed by atoms with E-state index in [1.807, 2.05) is 0 Å². The number of amides is 2. The molecule has 0 saturated carbocycles. The topological polar surface area (TPSA) is 50.4 Å². The Bertz CT molecular complexity index is 452. The van der Waals surface area contributed by atoms with Crippen LogP contribution >= 0.6 is 0 Å². The first-order valence-electron chi connectivity index (χ1n) is 5.48. The zero-order chi connectivity index (χ0) is 13.2. The molecule has 4 nitrogen and oxygen atoms in total. The predicted molar refractivity (Wildman–Crippen MR) is 66.6 cm³/mol. The van der Waals surface area contributed by atoms with Crippen molar-refractivity contribution in [2.75, 3.05) is 26.8 Å². The third-order valence-electron chi connectivity index (χ3n) is 2.03. The summed E-state index contributed by atoms with van der Waals surface area (Å²) in [4.78, 5) is 11.2. The van der Waals surface area contributed by atoms with Crippen molar-refractivity contribution < 1.29 is 13.9 Å². The number of carbonyl (C=O) groups excluding carboxylic acids is 1. The molecule has 0 aliphatic carbocycles. The smallest absolute Gasteiger partial charge is 0.315 e. The van der Waals surface area contributed by atoms with Crippen molar-refractivity contribution in [1.29, 1.82) is 0 Å². The Morgan fingerprint density at radius 2 is 2.17 bits per heavy atom. The monoisotopic (exact) mass is 250 g/mol. The standard InChI is InChI=1S/C13H15FN2O2/c1-18-10-9-16-13(17)15-8-4-6-11-5-2-3-7-12(11)14/h2-3,5,7H,8-10H2,1H3,(H2,15,16,17). The fraction of sp³-hybridized carbons (Fsp3) is 0.308. The molecular formula is C13H15FN2O2. The molecule has 0 aliphatic rings. The first-order chi connectivity index (χ1) is 8.74. The predicted octanol–water partition coefficient (Wildman–Crippen LogP) is 1.12. The van der Waals surface area contributed by atoms with Gasteiger partial charge in [0.05, 0.1) is 18.7 Å². The number of nitrogens with one attached hydrogen (secondary N) is 2. The lowest BCUT2D eigenvalue weighted by atomic mass is 10.2. The number of urea groups is 1. The Morgan fingerprint density at radius 1 is 1.39 bits per heavy atom. The van der Waals surface area contributed by atoms with Gasteiger partial charge in [-0.25, -0.2) is 9.18 Å². The number of halogens is 1. The molecule has 5 heteroatoms. The van der Waals surface area contributed by atoms with Crippen LogP contribution in [-0.4, -0.2) is 32.8 Å². The minimum atomic E-state index is -0.366. The number of methoxy groups -OCH3 is 1. The number of rotatable bonds is 4. The van der Waals surface area contributed by atoms with E-state index in [2.05, 4.69) is 22.5 Å². The van der Waals surface area contributed by atoms with Crippen LogP contribution in [0.3, 0.4) is 0 Å². The quantitative estimate of drug-likeness (QED) is 0.621. The normalized spacial score (nSPS) is 9.22. The van der Waals surface area contributed by atoms with Crippen molar-refractivity contribution in [3.63, 3.8) is 0 Å². The SMILES string of the molecule is COCCNC(=O)NCC#Cc1ccccc1F. The number of carbonyl (C=O) groups is 1. The van der Waals surface area contributed by atoms with E-state index < -0.39 is 0 Å². The molecule has 0 atom stereocenters. The Balaban J connectivity index is 2.30. The molecule has 0 aromatic heterocycles. The zero-order valence-electron chi connectivity index (χ0n) is 10.1. The van der Waals surface area contributed by atoms with Crippen LogP contribution in [0.1, 0.15) is 5.56 Å². The van der Waals surface area contributed by atoms with E-state index >= 15 is 0 Å². The summed E-state index contributed by atoms with van der Waals surface area (Å²) < 4.78 is 17.9. The van der Waals surface area contributed by atoms with Crippen LogP contribution in [-0.2, 0) is 4.74 Å². The lowest BCUT2D eigenvalue weighted by molar-refractivity contribution is 0.196. The summed E-state index contributed by atoms with van der Waals surface area (Å²) in [6.45, 7) is 1.05. The van der Waals surface area contributed by atoms with E-state index in [-0.39, 0.29) is 18.4 Å². The van der Waals surface area contributed by atoms with Crippen LogP contribution in [0.4, 0.5) is 9.18 Å². The maximum atomic E-state index is 13.2. The van der Waals surface area contributed by atoms with Crippen LogP contribution in [0.2, 0.25) is 0 Å². The van der Waals surface area contributed by atoms with Gasteiger partial charge in [-0.15, -0.1) is 0 Å². The minimum Gasteiger partial charge on any atom is -0.383 e. The van der Waals surface area contributed by atoms with E-state index in [0.717, 1.165) is 0 Å². The lowest BCUT2D eigenvalue weighted by Crippen LogP contribution is -2.37. The molecule has 0 unspecified atom stereocenters. The highest BCUT2D eigenvalue weighted by atomic mass is 19.1. The number of ether oxygens (including phenoxy) is 1. The molecule has 0 spiro atoms. The van der Waals surface area contributed by atoms with E-state index in [4.69, 9.17) is 4.74 Å². The van der Waals surface area contributed by atoms with Crippen LogP contribution in [0.5, 0.6) is 0 Å². The first-order valence-corrected chi connectivity index (χ1v) is 5.48. The molecular weight excluding hydrogens is 235 g/mol. The summed E-state index contributed by atoms with van der Waals surface area (Å²) in [5.41, 5.74) is 0.319. The van der Waals surface area contributed by atoms with Gasteiger partial charge in [-0.1, -0.05) is 24.0 Å². The molecule has 18 heavy (non-hydrogen) atoms. The van der Waals surface area contributed by atoms with Gasteiger partial charge in [0, 0.05) is 13.7 Å². The molecule has 1 aromatic rings. The molecule has 0 heterocycles. The fourth-order valence-electron chi connectivity index (χ4n) is 1.16. The van der Waals surface area contributed by atoms with Gasteiger partial charge in [-0.2, -0.15) is 0 Å². The van der Waals surface area contributed by atoms with Gasteiger partial charge in [0.1, 0.15) is 5.82 Å². The van der Waals surface area contributed by atoms with E-state index in [1.165, 1.54) is 6.07 Å².